The van der Waals surface area contributed by atoms with E-state index in [9.17, 15) is 5.11 Å². The number of hydrogen-bond donors (Lipinski definition) is 1. The lowest BCUT2D eigenvalue weighted by atomic mass is 10.2. The van der Waals surface area contributed by atoms with Crippen LogP contribution < -0.4 is 4.74 Å². The van der Waals surface area contributed by atoms with Crippen molar-refractivity contribution in [3.05, 3.63) is 23.9 Å². The molecule has 2 aromatic heterocycles. The van der Waals surface area contributed by atoms with Gasteiger partial charge < -0.3 is 9.84 Å². The minimum atomic E-state index is 0.119. The number of fused-ring (bicyclic) bond motifs is 1. The van der Waals surface area contributed by atoms with Crippen molar-refractivity contribution in [2.45, 2.75) is 6.92 Å². The fourth-order valence-electron chi connectivity index (χ4n) is 1.34. The standard InChI is InChI=1S/C10H10N2O2/c1-6-5-7-9(12-10(6)14-2)8(13)3-4-11-7/h3-5H,1-2H3,(H,11,13). The normalized spacial score (nSPS) is 10.4. The average molecular weight is 190 g/mol. The van der Waals surface area contributed by atoms with E-state index in [4.69, 9.17) is 4.74 Å². The summed E-state index contributed by atoms with van der Waals surface area (Å²) in [5.74, 6) is 0.633. The molecule has 2 rings (SSSR count). The molecule has 0 spiro atoms. The molecule has 0 amide bonds. The summed E-state index contributed by atoms with van der Waals surface area (Å²) in [5.41, 5.74) is 2.04. The summed E-state index contributed by atoms with van der Waals surface area (Å²) in [7, 11) is 1.55. The molecule has 0 aliphatic heterocycles. The second-order valence-corrected chi connectivity index (χ2v) is 3.01. The quantitative estimate of drug-likeness (QED) is 0.742. The second-order valence-electron chi connectivity index (χ2n) is 3.01. The number of rotatable bonds is 1. The van der Waals surface area contributed by atoms with Gasteiger partial charge in [-0.15, -0.1) is 0 Å². The molecular formula is C10H10N2O2. The van der Waals surface area contributed by atoms with E-state index in [1.807, 2.05) is 13.0 Å². The van der Waals surface area contributed by atoms with Gasteiger partial charge in [-0.2, -0.15) is 0 Å². The molecule has 0 fully saturated rings. The summed E-state index contributed by atoms with van der Waals surface area (Å²) in [6.07, 6.45) is 1.55. The Morgan fingerprint density at radius 2 is 2.21 bits per heavy atom. The van der Waals surface area contributed by atoms with Gasteiger partial charge in [0.15, 0.2) is 0 Å². The van der Waals surface area contributed by atoms with E-state index in [0.717, 1.165) is 5.56 Å². The summed E-state index contributed by atoms with van der Waals surface area (Å²) < 4.78 is 5.06. The van der Waals surface area contributed by atoms with Gasteiger partial charge >= 0.3 is 0 Å². The summed E-state index contributed by atoms with van der Waals surface area (Å²) in [6, 6.07) is 3.34. The van der Waals surface area contributed by atoms with Crippen LogP contribution in [-0.4, -0.2) is 22.2 Å². The van der Waals surface area contributed by atoms with Crippen LogP contribution in [0.4, 0.5) is 0 Å². The van der Waals surface area contributed by atoms with Crippen LogP contribution in [0.2, 0.25) is 0 Å². The lowest BCUT2D eigenvalue weighted by Gasteiger charge is -2.05. The zero-order valence-electron chi connectivity index (χ0n) is 7.98. The zero-order valence-corrected chi connectivity index (χ0v) is 7.98. The minimum Gasteiger partial charge on any atom is -0.506 e. The number of methoxy groups -OCH3 is 1. The molecule has 0 saturated heterocycles. The van der Waals surface area contributed by atoms with Crippen molar-refractivity contribution < 1.29 is 9.84 Å². The minimum absolute atomic E-state index is 0.119. The average Bonchev–Trinajstić information content (AvgIpc) is 2.17. The molecule has 0 aromatic carbocycles. The zero-order chi connectivity index (χ0) is 10.1. The van der Waals surface area contributed by atoms with E-state index in [1.54, 1.807) is 13.3 Å². The van der Waals surface area contributed by atoms with Gasteiger partial charge in [-0.25, -0.2) is 4.98 Å². The molecule has 2 heterocycles. The van der Waals surface area contributed by atoms with Gasteiger partial charge in [0.2, 0.25) is 5.88 Å². The Bertz CT molecular complexity index is 483. The number of nitrogens with zero attached hydrogens (tertiary/aromatic N) is 2. The summed E-state index contributed by atoms with van der Waals surface area (Å²) >= 11 is 0. The summed E-state index contributed by atoms with van der Waals surface area (Å²) in [6.45, 7) is 1.89. The Kier molecular flexibility index (Phi) is 1.96. The molecule has 0 aliphatic carbocycles. The predicted octanol–water partition coefficient (Wildman–Crippen LogP) is 1.65. The molecule has 0 unspecified atom stereocenters. The molecule has 4 heteroatoms. The van der Waals surface area contributed by atoms with Crippen molar-refractivity contribution in [1.29, 1.82) is 0 Å². The number of aryl methyl sites for hydroxylation is 1. The summed E-state index contributed by atoms with van der Waals surface area (Å²) in [4.78, 5) is 8.26. The Hall–Kier alpha value is -1.84. The molecule has 0 atom stereocenters. The van der Waals surface area contributed by atoms with E-state index in [1.165, 1.54) is 6.07 Å². The highest BCUT2D eigenvalue weighted by Gasteiger charge is 2.06. The maximum Gasteiger partial charge on any atom is 0.216 e. The third-order valence-corrected chi connectivity index (χ3v) is 2.03. The van der Waals surface area contributed by atoms with Gasteiger partial charge in [-0.1, -0.05) is 0 Å². The van der Waals surface area contributed by atoms with Gasteiger partial charge in [-0.3, -0.25) is 4.98 Å². The molecule has 72 valence electrons. The Morgan fingerprint density at radius 1 is 1.43 bits per heavy atom. The highest BCUT2D eigenvalue weighted by molar-refractivity contribution is 5.81. The van der Waals surface area contributed by atoms with Crippen LogP contribution in [0.25, 0.3) is 11.0 Å². The maximum atomic E-state index is 9.52. The highest BCUT2D eigenvalue weighted by Crippen LogP contribution is 2.25. The van der Waals surface area contributed by atoms with Gasteiger partial charge in [0.05, 0.1) is 12.6 Å². The molecular weight excluding hydrogens is 180 g/mol. The van der Waals surface area contributed by atoms with Crippen molar-refractivity contribution in [1.82, 2.24) is 9.97 Å². The number of pyridine rings is 2. The fourth-order valence-corrected chi connectivity index (χ4v) is 1.34. The van der Waals surface area contributed by atoms with E-state index in [2.05, 4.69) is 9.97 Å². The lowest BCUT2D eigenvalue weighted by molar-refractivity contribution is 0.395. The van der Waals surface area contributed by atoms with Crippen LogP contribution in [-0.2, 0) is 0 Å². The summed E-state index contributed by atoms with van der Waals surface area (Å²) in [5, 5.41) is 9.52. The topological polar surface area (TPSA) is 55.2 Å². The van der Waals surface area contributed by atoms with Crippen molar-refractivity contribution in [3.8, 4) is 11.6 Å². The SMILES string of the molecule is COc1nc2c(O)ccnc2cc1C. The first kappa shape index (κ1) is 8.74. The fraction of sp³-hybridized carbons (Fsp3) is 0.200. The van der Waals surface area contributed by atoms with E-state index >= 15 is 0 Å². The smallest absolute Gasteiger partial charge is 0.216 e. The Balaban J connectivity index is 2.80. The van der Waals surface area contributed by atoms with Crippen LogP contribution in [0.1, 0.15) is 5.56 Å². The number of ether oxygens (including phenoxy) is 1. The van der Waals surface area contributed by atoms with Gasteiger partial charge in [-0.05, 0) is 13.0 Å². The van der Waals surface area contributed by atoms with Gasteiger partial charge in [0.1, 0.15) is 11.3 Å². The molecule has 1 N–H and O–H groups in total. The first-order chi connectivity index (χ1) is 6.72. The van der Waals surface area contributed by atoms with Crippen LogP contribution in [0, 0.1) is 6.92 Å². The van der Waals surface area contributed by atoms with Crippen LogP contribution >= 0.6 is 0 Å². The molecule has 0 radical (unpaired) electrons. The number of aromatic nitrogens is 2. The third kappa shape index (κ3) is 1.25. The van der Waals surface area contributed by atoms with Crippen molar-refractivity contribution in [2.24, 2.45) is 0 Å². The number of aromatic hydroxyl groups is 1. The Morgan fingerprint density at radius 3 is 2.93 bits per heavy atom. The van der Waals surface area contributed by atoms with E-state index in [0.29, 0.717) is 16.9 Å². The highest BCUT2D eigenvalue weighted by atomic mass is 16.5. The molecule has 14 heavy (non-hydrogen) atoms. The molecule has 0 saturated carbocycles. The first-order valence-corrected chi connectivity index (χ1v) is 4.21. The Labute approximate surface area is 81.2 Å². The first-order valence-electron chi connectivity index (χ1n) is 4.21. The predicted molar refractivity (Wildman–Crippen MR) is 52.5 cm³/mol. The van der Waals surface area contributed by atoms with Crippen molar-refractivity contribution in [2.75, 3.05) is 7.11 Å². The van der Waals surface area contributed by atoms with E-state index in [-0.39, 0.29) is 5.75 Å². The van der Waals surface area contributed by atoms with Crippen LogP contribution in [0.3, 0.4) is 0 Å². The lowest BCUT2D eigenvalue weighted by Crippen LogP contribution is -1.93. The van der Waals surface area contributed by atoms with Crippen LogP contribution in [0.15, 0.2) is 18.3 Å². The van der Waals surface area contributed by atoms with Gasteiger partial charge in [0, 0.05) is 17.8 Å². The van der Waals surface area contributed by atoms with Crippen molar-refractivity contribution >= 4 is 11.0 Å². The largest absolute Gasteiger partial charge is 0.506 e. The van der Waals surface area contributed by atoms with Crippen LogP contribution in [0.5, 0.6) is 11.6 Å². The molecule has 0 aliphatic rings. The monoisotopic (exact) mass is 190 g/mol. The van der Waals surface area contributed by atoms with Crippen molar-refractivity contribution in [3.63, 3.8) is 0 Å². The number of hydrogen-bond acceptors (Lipinski definition) is 4. The molecule has 4 nitrogen and oxygen atoms in total. The maximum absolute atomic E-state index is 9.52. The molecule has 2 aromatic rings. The molecule has 0 bridgehead atoms. The third-order valence-electron chi connectivity index (χ3n) is 2.03. The second kappa shape index (κ2) is 3.14. The van der Waals surface area contributed by atoms with Gasteiger partial charge in [0.25, 0.3) is 0 Å². The van der Waals surface area contributed by atoms with E-state index < -0.39 is 0 Å².